The summed E-state index contributed by atoms with van der Waals surface area (Å²) in [6.45, 7) is 10.6. The van der Waals surface area contributed by atoms with Gasteiger partial charge in [-0.3, -0.25) is 4.90 Å². The molecule has 0 aliphatic heterocycles. The van der Waals surface area contributed by atoms with Crippen LogP contribution in [0.2, 0.25) is 0 Å². The van der Waals surface area contributed by atoms with Crippen LogP contribution in [0.4, 0.5) is 0 Å². The van der Waals surface area contributed by atoms with Crippen LogP contribution in [0.25, 0.3) is 0 Å². The van der Waals surface area contributed by atoms with Gasteiger partial charge in [0.1, 0.15) is 0 Å². The van der Waals surface area contributed by atoms with Crippen molar-refractivity contribution >= 4 is 0 Å². The third-order valence-corrected chi connectivity index (χ3v) is 5.93. The summed E-state index contributed by atoms with van der Waals surface area (Å²) in [6.07, 6.45) is 12.8. The Kier molecular flexibility index (Phi) is 6.35. The second kappa shape index (κ2) is 7.79. The highest BCUT2D eigenvalue weighted by atomic mass is 15.2. The Labute approximate surface area is 126 Å². The van der Waals surface area contributed by atoms with E-state index in [0.717, 1.165) is 12.0 Å². The standard InChI is InChI=1S/C18H36N2/c1-4-15-19-17(16-11-7-8-12-16)18(13-9-10-14-18)20(5-2)6-3/h16-17,19H,4-15H2,1-3H3. The average Bonchev–Trinajstić information content (AvgIpc) is 3.13. The van der Waals surface area contributed by atoms with E-state index >= 15 is 0 Å². The van der Waals surface area contributed by atoms with Crippen LogP contribution in [0.3, 0.4) is 0 Å². The quantitative estimate of drug-likeness (QED) is 0.717. The van der Waals surface area contributed by atoms with E-state index in [1.165, 1.54) is 77.4 Å². The van der Waals surface area contributed by atoms with E-state index < -0.39 is 0 Å². The predicted molar refractivity (Wildman–Crippen MR) is 88.2 cm³/mol. The van der Waals surface area contributed by atoms with Gasteiger partial charge in [0.25, 0.3) is 0 Å². The number of nitrogens with zero attached hydrogens (tertiary/aromatic N) is 1. The van der Waals surface area contributed by atoms with Crippen LogP contribution in [-0.4, -0.2) is 36.1 Å². The molecule has 2 aliphatic carbocycles. The van der Waals surface area contributed by atoms with Crippen LogP contribution >= 0.6 is 0 Å². The molecule has 2 nitrogen and oxygen atoms in total. The van der Waals surface area contributed by atoms with Gasteiger partial charge in [-0.2, -0.15) is 0 Å². The van der Waals surface area contributed by atoms with Gasteiger partial charge in [0.05, 0.1) is 0 Å². The molecule has 0 radical (unpaired) electrons. The van der Waals surface area contributed by atoms with Crippen LogP contribution in [0.5, 0.6) is 0 Å². The van der Waals surface area contributed by atoms with Crippen molar-refractivity contribution in [2.75, 3.05) is 19.6 Å². The molecule has 2 heteroatoms. The Morgan fingerprint density at radius 1 is 1.00 bits per heavy atom. The van der Waals surface area contributed by atoms with Gasteiger partial charge in [0.2, 0.25) is 0 Å². The molecule has 1 atom stereocenters. The van der Waals surface area contributed by atoms with E-state index in [1.807, 2.05) is 0 Å². The van der Waals surface area contributed by atoms with Crippen LogP contribution in [0.1, 0.15) is 78.6 Å². The molecule has 0 saturated heterocycles. The summed E-state index contributed by atoms with van der Waals surface area (Å²) in [7, 11) is 0. The first-order valence-corrected chi connectivity index (χ1v) is 9.27. The van der Waals surface area contributed by atoms with Crippen molar-refractivity contribution in [3.8, 4) is 0 Å². The summed E-state index contributed by atoms with van der Waals surface area (Å²) in [5, 5.41) is 4.00. The maximum Gasteiger partial charge on any atom is 0.0364 e. The maximum atomic E-state index is 4.00. The fourth-order valence-corrected chi connectivity index (χ4v) is 5.05. The van der Waals surface area contributed by atoms with E-state index in [4.69, 9.17) is 0 Å². The first-order chi connectivity index (χ1) is 9.78. The first kappa shape index (κ1) is 16.3. The Morgan fingerprint density at radius 3 is 2.10 bits per heavy atom. The molecule has 20 heavy (non-hydrogen) atoms. The van der Waals surface area contributed by atoms with Crippen molar-refractivity contribution < 1.29 is 0 Å². The van der Waals surface area contributed by atoms with Gasteiger partial charge in [0, 0.05) is 11.6 Å². The average molecular weight is 280 g/mol. The molecule has 118 valence electrons. The third kappa shape index (κ3) is 3.22. The summed E-state index contributed by atoms with van der Waals surface area (Å²) in [4.78, 5) is 2.80. The van der Waals surface area contributed by atoms with Crippen LogP contribution in [0.15, 0.2) is 0 Å². The smallest absolute Gasteiger partial charge is 0.0364 e. The minimum absolute atomic E-state index is 0.466. The van der Waals surface area contributed by atoms with E-state index in [1.54, 1.807) is 0 Å². The molecule has 0 aromatic heterocycles. The molecule has 0 heterocycles. The Morgan fingerprint density at radius 2 is 1.60 bits per heavy atom. The van der Waals surface area contributed by atoms with E-state index in [2.05, 4.69) is 31.0 Å². The number of hydrogen-bond donors (Lipinski definition) is 1. The molecule has 0 aromatic rings. The Bertz CT molecular complexity index is 261. The Hall–Kier alpha value is -0.0800. The van der Waals surface area contributed by atoms with Crippen molar-refractivity contribution in [3.05, 3.63) is 0 Å². The van der Waals surface area contributed by atoms with Crippen LogP contribution < -0.4 is 5.32 Å². The van der Waals surface area contributed by atoms with Crippen molar-refractivity contribution in [2.24, 2.45) is 5.92 Å². The predicted octanol–water partition coefficient (Wildman–Crippen LogP) is 4.20. The summed E-state index contributed by atoms with van der Waals surface area (Å²) in [5.41, 5.74) is 0.466. The van der Waals surface area contributed by atoms with Crippen molar-refractivity contribution in [1.82, 2.24) is 10.2 Å². The molecule has 2 fully saturated rings. The second-order valence-electron chi connectivity index (χ2n) is 6.96. The SMILES string of the molecule is CCCNC(C1CCCC1)C1(N(CC)CC)CCCC1. The molecule has 1 N–H and O–H groups in total. The lowest BCUT2D eigenvalue weighted by atomic mass is 9.77. The molecule has 2 rings (SSSR count). The first-order valence-electron chi connectivity index (χ1n) is 9.27. The number of rotatable bonds is 8. The highest BCUT2D eigenvalue weighted by Gasteiger charge is 2.47. The summed E-state index contributed by atoms with van der Waals surface area (Å²) >= 11 is 0. The molecule has 0 aromatic carbocycles. The topological polar surface area (TPSA) is 15.3 Å². The monoisotopic (exact) mass is 280 g/mol. The van der Waals surface area contributed by atoms with E-state index in [9.17, 15) is 0 Å². The van der Waals surface area contributed by atoms with Gasteiger partial charge in [-0.05, 0) is 57.7 Å². The highest BCUT2D eigenvalue weighted by Crippen LogP contribution is 2.44. The zero-order valence-corrected chi connectivity index (χ0v) is 14.1. The number of hydrogen-bond acceptors (Lipinski definition) is 2. The van der Waals surface area contributed by atoms with Gasteiger partial charge in [-0.15, -0.1) is 0 Å². The van der Waals surface area contributed by atoms with Gasteiger partial charge in [-0.1, -0.05) is 46.5 Å². The molecule has 0 bridgehead atoms. The lowest BCUT2D eigenvalue weighted by molar-refractivity contribution is 0.0398. The Balaban J connectivity index is 2.20. The summed E-state index contributed by atoms with van der Waals surface area (Å²) in [6, 6.07) is 0.743. The zero-order chi connectivity index (χ0) is 14.4. The van der Waals surface area contributed by atoms with Crippen molar-refractivity contribution in [1.29, 1.82) is 0 Å². The molecule has 1 unspecified atom stereocenters. The van der Waals surface area contributed by atoms with Gasteiger partial charge in [0.15, 0.2) is 0 Å². The summed E-state index contributed by atoms with van der Waals surface area (Å²) < 4.78 is 0. The molecule has 0 amide bonds. The van der Waals surface area contributed by atoms with Crippen molar-refractivity contribution in [3.63, 3.8) is 0 Å². The normalized spacial score (nSPS) is 24.6. The zero-order valence-electron chi connectivity index (χ0n) is 14.1. The molecule has 2 saturated carbocycles. The second-order valence-corrected chi connectivity index (χ2v) is 6.96. The maximum absolute atomic E-state index is 4.00. The third-order valence-electron chi connectivity index (χ3n) is 5.93. The molecular formula is C18H36N2. The highest BCUT2D eigenvalue weighted by molar-refractivity contribution is 5.06. The lowest BCUT2D eigenvalue weighted by Crippen LogP contribution is -2.62. The minimum atomic E-state index is 0.466. The fourth-order valence-electron chi connectivity index (χ4n) is 5.05. The van der Waals surface area contributed by atoms with Gasteiger partial charge in [-0.25, -0.2) is 0 Å². The molecule has 2 aliphatic rings. The van der Waals surface area contributed by atoms with E-state index in [0.29, 0.717) is 5.54 Å². The largest absolute Gasteiger partial charge is 0.312 e. The van der Waals surface area contributed by atoms with Crippen molar-refractivity contribution in [2.45, 2.75) is 90.1 Å². The van der Waals surface area contributed by atoms with Gasteiger partial charge < -0.3 is 5.32 Å². The number of nitrogens with one attached hydrogen (secondary N) is 1. The summed E-state index contributed by atoms with van der Waals surface area (Å²) in [5.74, 6) is 0.931. The number of likely N-dealkylation sites (N-methyl/N-ethyl adjacent to an activating group) is 1. The molecular weight excluding hydrogens is 244 g/mol. The fraction of sp³-hybridized carbons (Fsp3) is 1.00. The van der Waals surface area contributed by atoms with Gasteiger partial charge >= 0.3 is 0 Å². The van der Waals surface area contributed by atoms with E-state index in [-0.39, 0.29) is 0 Å². The minimum Gasteiger partial charge on any atom is -0.312 e. The lowest BCUT2D eigenvalue weighted by Gasteiger charge is -2.49. The van der Waals surface area contributed by atoms with Crippen LogP contribution in [-0.2, 0) is 0 Å². The molecule has 0 spiro atoms. The van der Waals surface area contributed by atoms with Crippen LogP contribution in [0, 0.1) is 5.92 Å².